The van der Waals surface area contributed by atoms with Crippen molar-refractivity contribution in [3.05, 3.63) is 47.2 Å². The summed E-state index contributed by atoms with van der Waals surface area (Å²) in [4.78, 5) is 12.4. The first-order valence-corrected chi connectivity index (χ1v) is 9.93. The predicted molar refractivity (Wildman–Crippen MR) is 96.1 cm³/mol. The van der Waals surface area contributed by atoms with Crippen LogP contribution < -0.4 is 5.32 Å². The number of aromatic nitrogens is 1. The van der Waals surface area contributed by atoms with Gasteiger partial charge in [-0.1, -0.05) is 0 Å². The molecule has 0 unspecified atom stereocenters. The van der Waals surface area contributed by atoms with Gasteiger partial charge in [-0.3, -0.25) is 4.79 Å². The Morgan fingerprint density at radius 1 is 1.36 bits per heavy atom. The number of hydrogen-bond donors (Lipinski definition) is 1. The van der Waals surface area contributed by atoms with Crippen LogP contribution in [0.5, 0.6) is 0 Å². The van der Waals surface area contributed by atoms with Crippen molar-refractivity contribution < 1.29 is 17.6 Å². The van der Waals surface area contributed by atoms with Crippen LogP contribution in [0.3, 0.4) is 0 Å². The summed E-state index contributed by atoms with van der Waals surface area (Å²) in [6.45, 7) is 5.23. The number of nitrogens with one attached hydrogen (secondary N) is 1. The summed E-state index contributed by atoms with van der Waals surface area (Å²) in [5.41, 5.74) is 2.48. The summed E-state index contributed by atoms with van der Waals surface area (Å²) in [6, 6.07) is 5.60. The Balaban J connectivity index is 1.94. The van der Waals surface area contributed by atoms with Crippen LogP contribution in [0.1, 0.15) is 33.9 Å². The van der Waals surface area contributed by atoms with Crippen LogP contribution in [0.2, 0.25) is 0 Å². The van der Waals surface area contributed by atoms with Gasteiger partial charge in [-0.2, -0.15) is 0 Å². The van der Waals surface area contributed by atoms with Gasteiger partial charge in [-0.25, -0.2) is 12.7 Å². The van der Waals surface area contributed by atoms with Gasteiger partial charge in [0.25, 0.3) is 5.91 Å². The molecule has 0 aromatic carbocycles. The maximum atomic E-state index is 12.4. The molecule has 0 spiro atoms. The lowest BCUT2D eigenvalue weighted by atomic mass is 10.2. The Labute approximate surface area is 148 Å². The largest absolute Gasteiger partial charge is 0.467 e. The molecule has 2 rings (SSSR count). The van der Waals surface area contributed by atoms with Gasteiger partial charge in [0.2, 0.25) is 10.0 Å². The molecule has 0 atom stereocenters. The summed E-state index contributed by atoms with van der Waals surface area (Å²) >= 11 is 0. The lowest BCUT2D eigenvalue weighted by molar-refractivity contribution is 0.0952. The van der Waals surface area contributed by atoms with Crippen LogP contribution in [0, 0.1) is 13.8 Å². The van der Waals surface area contributed by atoms with Gasteiger partial charge in [0.15, 0.2) is 0 Å². The number of aryl methyl sites for hydroxylation is 1. The van der Waals surface area contributed by atoms with Crippen LogP contribution in [0.15, 0.2) is 28.9 Å². The molecule has 2 aromatic heterocycles. The van der Waals surface area contributed by atoms with E-state index in [9.17, 15) is 13.2 Å². The second-order valence-corrected chi connectivity index (χ2v) is 8.23. The number of hydrogen-bond acceptors (Lipinski definition) is 4. The third-order valence-corrected chi connectivity index (χ3v) is 5.53. The third-order valence-electron chi connectivity index (χ3n) is 4.21. The third kappa shape index (κ3) is 4.96. The van der Waals surface area contributed by atoms with E-state index in [1.54, 1.807) is 6.26 Å². The summed E-state index contributed by atoms with van der Waals surface area (Å²) in [5, 5.41) is 2.85. The smallest absolute Gasteiger partial charge is 0.253 e. The van der Waals surface area contributed by atoms with Crippen molar-refractivity contribution in [2.24, 2.45) is 0 Å². The Kier molecular flexibility index (Phi) is 6.07. The highest BCUT2D eigenvalue weighted by atomic mass is 32.2. The Bertz CT molecular complexity index is 822. The van der Waals surface area contributed by atoms with Crippen molar-refractivity contribution in [2.45, 2.75) is 26.8 Å². The molecule has 0 aliphatic rings. The predicted octanol–water partition coefficient (Wildman–Crippen LogP) is 1.76. The monoisotopic (exact) mass is 367 g/mol. The standard InChI is InChI=1S/C17H25N3O4S/c1-13-11-16(14(2)20(13)12-15-7-5-10-24-15)17(21)18-8-6-9-19(3)25(4,22)23/h5,7,10-11H,6,8-9,12H2,1-4H3,(H,18,21). The van der Waals surface area contributed by atoms with Crippen molar-refractivity contribution in [1.82, 2.24) is 14.2 Å². The van der Waals surface area contributed by atoms with E-state index in [0.29, 0.717) is 31.6 Å². The summed E-state index contributed by atoms with van der Waals surface area (Å²) in [7, 11) is -1.65. The zero-order valence-corrected chi connectivity index (χ0v) is 15.9. The molecule has 25 heavy (non-hydrogen) atoms. The summed E-state index contributed by atoms with van der Waals surface area (Å²) in [6.07, 6.45) is 3.35. The van der Waals surface area contributed by atoms with Gasteiger partial charge >= 0.3 is 0 Å². The molecule has 1 N–H and O–H groups in total. The van der Waals surface area contributed by atoms with Crippen molar-refractivity contribution in [2.75, 3.05) is 26.4 Å². The van der Waals surface area contributed by atoms with Gasteiger partial charge < -0.3 is 14.3 Å². The minimum Gasteiger partial charge on any atom is -0.467 e. The fourth-order valence-corrected chi connectivity index (χ4v) is 3.06. The molecule has 2 heterocycles. The fourth-order valence-electron chi connectivity index (χ4n) is 2.60. The summed E-state index contributed by atoms with van der Waals surface area (Å²) in [5.74, 6) is 0.679. The minimum atomic E-state index is -3.18. The number of furan rings is 1. The highest BCUT2D eigenvalue weighted by molar-refractivity contribution is 7.88. The second kappa shape index (κ2) is 7.88. The molecule has 0 aliphatic carbocycles. The van der Waals surface area contributed by atoms with E-state index in [0.717, 1.165) is 17.1 Å². The molecule has 138 valence electrons. The molecular formula is C17H25N3O4S. The van der Waals surface area contributed by atoms with Crippen molar-refractivity contribution in [3.8, 4) is 0 Å². The van der Waals surface area contributed by atoms with Crippen molar-refractivity contribution >= 4 is 15.9 Å². The van der Waals surface area contributed by atoms with E-state index in [4.69, 9.17) is 4.42 Å². The van der Waals surface area contributed by atoms with Gasteiger partial charge in [0.05, 0.1) is 24.6 Å². The molecule has 2 aromatic rings. The highest BCUT2D eigenvalue weighted by Gasteiger charge is 2.16. The normalized spacial score (nSPS) is 11.9. The Hall–Kier alpha value is -2.06. The molecule has 0 bridgehead atoms. The zero-order valence-electron chi connectivity index (χ0n) is 15.1. The number of carbonyl (C=O) groups is 1. The van der Waals surface area contributed by atoms with E-state index in [1.807, 2.05) is 36.6 Å². The van der Waals surface area contributed by atoms with Crippen LogP contribution in [-0.2, 0) is 16.6 Å². The fraction of sp³-hybridized carbons (Fsp3) is 0.471. The Morgan fingerprint density at radius 2 is 2.08 bits per heavy atom. The molecule has 7 nitrogen and oxygen atoms in total. The van der Waals surface area contributed by atoms with Crippen LogP contribution in [-0.4, -0.2) is 49.6 Å². The van der Waals surface area contributed by atoms with E-state index < -0.39 is 10.0 Å². The first kappa shape index (κ1) is 19.3. The SMILES string of the molecule is Cc1cc(C(=O)NCCCN(C)S(C)(=O)=O)c(C)n1Cc1ccco1. The zero-order chi connectivity index (χ0) is 18.6. The van der Waals surface area contributed by atoms with Gasteiger partial charge in [-0.15, -0.1) is 0 Å². The van der Waals surface area contributed by atoms with Crippen molar-refractivity contribution in [3.63, 3.8) is 0 Å². The van der Waals surface area contributed by atoms with Gasteiger partial charge in [0, 0.05) is 31.5 Å². The minimum absolute atomic E-state index is 0.152. The summed E-state index contributed by atoms with van der Waals surface area (Å²) < 4.78 is 31.3. The molecule has 0 saturated carbocycles. The van der Waals surface area contributed by atoms with E-state index >= 15 is 0 Å². The quantitative estimate of drug-likeness (QED) is 0.721. The van der Waals surface area contributed by atoms with E-state index in [1.165, 1.54) is 17.6 Å². The lowest BCUT2D eigenvalue weighted by Gasteiger charge is -2.14. The molecule has 8 heteroatoms. The Morgan fingerprint density at radius 3 is 2.68 bits per heavy atom. The molecule has 0 aliphatic heterocycles. The topological polar surface area (TPSA) is 84.5 Å². The first-order valence-electron chi connectivity index (χ1n) is 8.08. The van der Waals surface area contributed by atoms with Gasteiger partial charge in [-0.05, 0) is 38.5 Å². The van der Waals surface area contributed by atoms with E-state index in [-0.39, 0.29) is 5.91 Å². The highest BCUT2D eigenvalue weighted by Crippen LogP contribution is 2.17. The number of nitrogens with zero attached hydrogens (tertiary/aromatic N) is 2. The second-order valence-electron chi connectivity index (χ2n) is 6.14. The number of carbonyl (C=O) groups excluding carboxylic acids is 1. The first-order chi connectivity index (χ1) is 11.7. The molecule has 0 saturated heterocycles. The lowest BCUT2D eigenvalue weighted by Crippen LogP contribution is -2.31. The van der Waals surface area contributed by atoms with E-state index in [2.05, 4.69) is 5.32 Å². The average molecular weight is 367 g/mol. The molecule has 1 amide bonds. The maximum Gasteiger partial charge on any atom is 0.253 e. The maximum absolute atomic E-state index is 12.4. The van der Waals surface area contributed by atoms with Crippen LogP contribution >= 0.6 is 0 Å². The molecular weight excluding hydrogens is 342 g/mol. The number of sulfonamides is 1. The average Bonchev–Trinajstić information content (AvgIpc) is 3.14. The van der Waals surface area contributed by atoms with Crippen molar-refractivity contribution in [1.29, 1.82) is 0 Å². The molecule has 0 fully saturated rings. The number of rotatable bonds is 8. The van der Waals surface area contributed by atoms with Crippen LogP contribution in [0.25, 0.3) is 0 Å². The number of amides is 1. The van der Waals surface area contributed by atoms with Crippen LogP contribution in [0.4, 0.5) is 0 Å². The molecule has 0 radical (unpaired) electrons. The van der Waals surface area contributed by atoms with Gasteiger partial charge in [0.1, 0.15) is 5.76 Å².